The molecule has 0 unspecified atom stereocenters. The van der Waals surface area contributed by atoms with Crippen molar-refractivity contribution in [2.24, 2.45) is 0 Å². The SMILES string of the molecule is Cc1cc(Br)cc2c1NC(=O)C21OCCO1. The summed E-state index contributed by atoms with van der Waals surface area (Å²) < 4.78 is 11.9. The van der Waals surface area contributed by atoms with Gasteiger partial charge in [-0.2, -0.15) is 0 Å². The second-order valence-electron chi connectivity index (χ2n) is 3.91. The van der Waals surface area contributed by atoms with Gasteiger partial charge in [0.1, 0.15) is 0 Å². The third-order valence-corrected chi connectivity index (χ3v) is 3.34. The summed E-state index contributed by atoms with van der Waals surface area (Å²) in [6.45, 7) is 2.83. The van der Waals surface area contributed by atoms with Gasteiger partial charge in [0.05, 0.1) is 18.9 Å². The van der Waals surface area contributed by atoms with Crippen LogP contribution in [0.4, 0.5) is 5.69 Å². The van der Waals surface area contributed by atoms with Crippen molar-refractivity contribution in [3.63, 3.8) is 0 Å². The van der Waals surface area contributed by atoms with Gasteiger partial charge in [0.2, 0.25) is 0 Å². The smallest absolute Gasteiger partial charge is 0.289 e. The predicted molar refractivity (Wildman–Crippen MR) is 61.1 cm³/mol. The van der Waals surface area contributed by atoms with E-state index in [0.29, 0.717) is 13.2 Å². The highest BCUT2D eigenvalue weighted by Gasteiger charge is 2.52. The number of fused-ring (bicyclic) bond motifs is 2. The molecule has 1 aromatic rings. The number of amides is 1. The van der Waals surface area contributed by atoms with E-state index in [1.807, 2.05) is 19.1 Å². The fraction of sp³-hybridized carbons (Fsp3) is 0.364. The Hall–Kier alpha value is -0.910. The lowest BCUT2D eigenvalue weighted by Crippen LogP contribution is -2.35. The van der Waals surface area contributed by atoms with Crippen molar-refractivity contribution in [1.82, 2.24) is 0 Å². The normalized spacial score (nSPS) is 21.2. The van der Waals surface area contributed by atoms with E-state index in [4.69, 9.17) is 9.47 Å². The maximum atomic E-state index is 11.9. The van der Waals surface area contributed by atoms with Gasteiger partial charge < -0.3 is 14.8 Å². The molecule has 0 aliphatic carbocycles. The van der Waals surface area contributed by atoms with Crippen molar-refractivity contribution in [2.75, 3.05) is 18.5 Å². The molecule has 2 heterocycles. The van der Waals surface area contributed by atoms with Gasteiger partial charge in [0.15, 0.2) is 0 Å². The average Bonchev–Trinajstić information content (AvgIpc) is 2.79. The molecular formula is C11H10BrNO3. The van der Waals surface area contributed by atoms with Crippen LogP contribution < -0.4 is 5.32 Å². The van der Waals surface area contributed by atoms with E-state index < -0.39 is 5.79 Å². The molecule has 3 rings (SSSR count). The van der Waals surface area contributed by atoms with E-state index in [-0.39, 0.29) is 5.91 Å². The number of aryl methyl sites for hydroxylation is 1. The maximum absolute atomic E-state index is 11.9. The predicted octanol–water partition coefficient (Wildman–Crippen LogP) is 1.91. The molecule has 2 aliphatic rings. The molecule has 5 heteroatoms. The number of ether oxygens (including phenoxy) is 2. The van der Waals surface area contributed by atoms with Crippen molar-refractivity contribution >= 4 is 27.5 Å². The summed E-state index contributed by atoms with van der Waals surface area (Å²) in [4.78, 5) is 11.9. The highest BCUT2D eigenvalue weighted by atomic mass is 79.9. The van der Waals surface area contributed by atoms with Crippen molar-refractivity contribution in [1.29, 1.82) is 0 Å². The molecule has 4 nitrogen and oxygen atoms in total. The standard InChI is InChI=1S/C11H10BrNO3/c1-6-4-7(12)5-8-9(6)13-10(14)11(8)15-2-3-16-11/h4-5H,2-3H2,1H3,(H,13,14). The van der Waals surface area contributed by atoms with Gasteiger partial charge in [-0.1, -0.05) is 15.9 Å². The van der Waals surface area contributed by atoms with Crippen LogP contribution in [0.25, 0.3) is 0 Å². The molecule has 84 valence electrons. The number of nitrogens with one attached hydrogen (secondary N) is 1. The van der Waals surface area contributed by atoms with Crippen LogP contribution >= 0.6 is 15.9 Å². The molecule has 1 amide bonds. The summed E-state index contributed by atoms with van der Waals surface area (Å²) >= 11 is 3.42. The van der Waals surface area contributed by atoms with E-state index >= 15 is 0 Å². The molecule has 0 bridgehead atoms. The van der Waals surface area contributed by atoms with E-state index in [9.17, 15) is 4.79 Å². The minimum absolute atomic E-state index is 0.235. The quantitative estimate of drug-likeness (QED) is 0.791. The van der Waals surface area contributed by atoms with Gasteiger partial charge in [-0.15, -0.1) is 0 Å². The zero-order valence-corrected chi connectivity index (χ0v) is 10.3. The second-order valence-corrected chi connectivity index (χ2v) is 4.83. The number of anilines is 1. The van der Waals surface area contributed by atoms with E-state index in [2.05, 4.69) is 21.2 Å². The number of carbonyl (C=O) groups is 1. The van der Waals surface area contributed by atoms with Crippen LogP contribution in [0.5, 0.6) is 0 Å². The van der Waals surface area contributed by atoms with Crippen LogP contribution in [0.1, 0.15) is 11.1 Å². The third kappa shape index (κ3) is 1.19. The zero-order chi connectivity index (χ0) is 11.3. The Balaban J connectivity index is 2.24. The van der Waals surface area contributed by atoms with Crippen LogP contribution in [0.2, 0.25) is 0 Å². The number of hydrogen-bond donors (Lipinski definition) is 1. The Bertz CT molecular complexity index is 480. The molecule has 1 N–H and O–H groups in total. The van der Waals surface area contributed by atoms with Gasteiger partial charge in [0.25, 0.3) is 11.7 Å². The van der Waals surface area contributed by atoms with Crippen LogP contribution in [0.15, 0.2) is 16.6 Å². The Kier molecular flexibility index (Phi) is 2.11. The lowest BCUT2D eigenvalue weighted by atomic mass is 10.0. The van der Waals surface area contributed by atoms with Crippen LogP contribution in [0, 0.1) is 6.92 Å². The Morgan fingerprint density at radius 1 is 1.38 bits per heavy atom. The molecule has 1 saturated heterocycles. The first-order valence-electron chi connectivity index (χ1n) is 5.03. The van der Waals surface area contributed by atoms with Gasteiger partial charge in [0, 0.05) is 10.0 Å². The van der Waals surface area contributed by atoms with Crippen molar-refractivity contribution in [2.45, 2.75) is 12.7 Å². The summed E-state index contributed by atoms with van der Waals surface area (Å²) in [5.41, 5.74) is 2.56. The third-order valence-electron chi connectivity index (χ3n) is 2.89. The van der Waals surface area contributed by atoms with E-state index in [1.165, 1.54) is 0 Å². The number of hydrogen-bond acceptors (Lipinski definition) is 3. The van der Waals surface area contributed by atoms with Gasteiger partial charge in [-0.05, 0) is 24.6 Å². The van der Waals surface area contributed by atoms with Crippen LogP contribution in [0.3, 0.4) is 0 Å². The molecule has 0 atom stereocenters. The molecule has 0 aromatic heterocycles. The molecule has 1 spiro atoms. The van der Waals surface area contributed by atoms with Crippen LogP contribution in [-0.4, -0.2) is 19.1 Å². The van der Waals surface area contributed by atoms with Gasteiger partial charge in [-0.25, -0.2) is 0 Å². The minimum atomic E-state index is -1.22. The number of halogens is 1. The minimum Gasteiger partial charge on any atom is -0.336 e. The molecule has 0 radical (unpaired) electrons. The molecule has 1 aromatic carbocycles. The largest absolute Gasteiger partial charge is 0.336 e. The van der Waals surface area contributed by atoms with E-state index in [1.54, 1.807) is 0 Å². The lowest BCUT2D eigenvalue weighted by molar-refractivity contribution is -0.178. The number of benzene rings is 1. The fourth-order valence-electron chi connectivity index (χ4n) is 2.19. The van der Waals surface area contributed by atoms with Crippen molar-refractivity contribution in [3.05, 3.63) is 27.7 Å². The molecule has 0 saturated carbocycles. The van der Waals surface area contributed by atoms with Gasteiger partial charge >= 0.3 is 0 Å². The topological polar surface area (TPSA) is 47.6 Å². The highest BCUT2D eigenvalue weighted by Crippen LogP contribution is 2.44. The molecule has 16 heavy (non-hydrogen) atoms. The highest BCUT2D eigenvalue weighted by molar-refractivity contribution is 9.10. The maximum Gasteiger partial charge on any atom is 0.289 e. The lowest BCUT2D eigenvalue weighted by Gasteiger charge is -2.19. The summed E-state index contributed by atoms with van der Waals surface area (Å²) in [6.07, 6.45) is 0. The first kappa shape index (κ1) is 10.3. The van der Waals surface area contributed by atoms with Gasteiger partial charge in [-0.3, -0.25) is 4.79 Å². The molecular weight excluding hydrogens is 274 g/mol. The summed E-state index contributed by atoms with van der Waals surface area (Å²) in [7, 11) is 0. The van der Waals surface area contributed by atoms with E-state index in [0.717, 1.165) is 21.3 Å². The Labute approximate surface area is 101 Å². The van der Waals surface area contributed by atoms with Crippen molar-refractivity contribution in [3.8, 4) is 0 Å². The van der Waals surface area contributed by atoms with Crippen LogP contribution in [-0.2, 0) is 20.1 Å². The summed E-state index contributed by atoms with van der Waals surface area (Å²) in [5.74, 6) is -1.45. The van der Waals surface area contributed by atoms with Crippen molar-refractivity contribution < 1.29 is 14.3 Å². The molecule has 1 fully saturated rings. The fourth-order valence-corrected chi connectivity index (χ4v) is 2.76. The first-order chi connectivity index (χ1) is 7.63. The monoisotopic (exact) mass is 283 g/mol. The Morgan fingerprint density at radius 2 is 2.06 bits per heavy atom. The summed E-state index contributed by atoms with van der Waals surface area (Å²) in [6, 6.07) is 3.82. The molecule has 2 aliphatic heterocycles. The second kappa shape index (κ2) is 3.29. The number of rotatable bonds is 0. The summed E-state index contributed by atoms with van der Waals surface area (Å²) in [5, 5.41) is 2.82. The average molecular weight is 284 g/mol. The zero-order valence-electron chi connectivity index (χ0n) is 8.67. The number of carbonyl (C=O) groups excluding carboxylic acids is 1. The first-order valence-corrected chi connectivity index (χ1v) is 5.83. The Morgan fingerprint density at radius 3 is 2.75 bits per heavy atom.